The standard InChI is InChI=1S/C22H28O4/c1-14(23)26-16-4-6-17-15(13-16)3-5-19-18(17)7-9-21(2)20(19)8-10-22(21)24-11-12-25-22/h4,6,13,18-20H,3,5,7-12H2,1-2H3/t18-,19+,20+,21-/m0/s1. The van der Waals surface area contributed by atoms with Crippen LogP contribution in [0.2, 0.25) is 0 Å². The predicted molar refractivity (Wildman–Crippen MR) is 97.0 cm³/mol. The highest BCUT2D eigenvalue weighted by Gasteiger charge is 2.64. The van der Waals surface area contributed by atoms with Crippen LogP contribution in [0.5, 0.6) is 5.75 Å². The molecule has 26 heavy (non-hydrogen) atoms. The second-order valence-electron chi connectivity index (χ2n) is 8.81. The van der Waals surface area contributed by atoms with Crippen molar-refractivity contribution >= 4 is 5.97 Å². The van der Waals surface area contributed by atoms with Crippen molar-refractivity contribution in [1.29, 1.82) is 0 Å². The van der Waals surface area contributed by atoms with Crippen LogP contribution in [-0.4, -0.2) is 25.0 Å². The van der Waals surface area contributed by atoms with E-state index in [0.29, 0.717) is 23.5 Å². The molecular formula is C22H28O4. The molecule has 4 heteroatoms. The average Bonchev–Trinajstić information content (AvgIpc) is 3.21. The van der Waals surface area contributed by atoms with Crippen molar-refractivity contribution in [3.63, 3.8) is 0 Å². The predicted octanol–water partition coefficient (Wildman–Crippen LogP) is 4.21. The first-order chi connectivity index (χ1) is 12.5. The first-order valence-electron chi connectivity index (χ1n) is 10.1. The van der Waals surface area contributed by atoms with Crippen LogP contribution in [0.25, 0.3) is 0 Å². The Bertz CT molecular complexity index is 736. The van der Waals surface area contributed by atoms with Gasteiger partial charge in [-0.2, -0.15) is 0 Å². The summed E-state index contributed by atoms with van der Waals surface area (Å²) < 4.78 is 17.7. The molecule has 3 aliphatic carbocycles. The fourth-order valence-electron chi connectivity index (χ4n) is 6.67. The molecule has 0 amide bonds. The second-order valence-corrected chi connectivity index (χ2v) is 8.81. The number of esters is 1. The smallest absolute Gasteiger partial charge is 0.308 e. The summed E-state index contributed by atoms with van der Waals surface area (Å²) in [7, 11) is 0. The zero-order valence-electron chi connectivity index (χ0n) is 15.8. The third kappa shape index (κ3) is 2.24. The van der Waals surface area contributed by atoms with Gasteiger partial charge < -0.3 is 14.2 Å². The van der Waals surface area contributed by atoms with Gasteiger partial charge in [-0.05, 0) is 73.1 Å². The monoisotopic (exact) mass is 356 g/mol. The lowest BCUT2D eigenvalue weighted by molar-refractivity contribution is -0.237. The number of rotatable bonds is 1. The quantitative estimate of drug-likeness (QED) is 0.558. The average molecular weight is 356 g/mol. The number of carbonyl (C=O) groups excluding carboxylic acids is 1. The molecule has 1 aromatic carbocycles. The van der Waals surface area contributed by atoms with Gasteiger partial charge in [0.15, 0.2) is 5.79 Å². The van der Waals surface area contributed by atoms with Crippen LogP contribution in [0, 0.1) is 17.3 Å². The number of hydrogen-bond donors (Lipinski definition) is 0. The van der Waals surface area contributed by atoms with Crippen LogP contribution in [0.3, 0.4) is 0 Å². The summed E-state index contributed by atoms with van der Waals surface area (Å²) in [6, 6.07) is 6.26. The fraction of sp³-hybridized carbons (Fsp3) is 0.682. The first kappa shape index (κ1) is 16.8. The van der Waals surface area contributed by atoms with E-state index in [-0.39, 0.29) is 17.2 Å². The van der Waals surface area contributed by atoms with E-state index < -0.39 is 0 Å². The molecule has 0 N–H and O–H groups in total. The number of ether oxygens (including phenoxy) is 3. The van der Waals surface area contributed by atoms with Gasteiger partial charge in [-0.3, -0.25) is 4.79 Å². The fourth-order valence-corrected chi connectivity index (χ4v) is 6.67. The molecule has 0 radical (unpaired) electrons. The lowest BCUT2D eigenvalue weighted by atomic mass is 9.55. The van der Waals surface area contributed by atoms with Crippen LogP contribution in [0.4, 0.5) is 0 Å². The summed E-state index contributed by atoms with van der Waals surface area (Å²) >= 11 is 0. The zero-order chi connectivity index (χ0) is 17.9. The van der Waals surface area contributed by atoms with Crippen molar-refractivity contribution in [3.05, 3.63) is 29.3 Å². The lowest BCUT2D eigenvalue weighted by Gasteiger charge is -2.52. The van der Waals surface area contributed by atoms with Crippen molar-refractivity contribution in [3.8, 4) is 5.75 Å². The Morgan fingerprint density at radius 2 is 1.96 bits per heavy atom. The Morgan fingerprint density at radius 1 is 1.15 bits per heavy atom. The third-order valence-corrected chi connectivity index (χ3v) is 7.76. The minimum absolute atomic E-state index is 0.153. The molecule has 0 unspecified atom stereocenters. The maximum atomic E-state index is 11.2. The van der Waals surface area contributed by atoms with Gasteiger partial charge in [-0.15, -0.1) is 0 Å². The second kappa shape index (κ2) is 5.80. The van der Waals surface area contributed by atoms with Crippen LogP contribution in [-0.2, 0) is 20.7 Å². The maximum Gasteiger partial charge on any atom is 0.308 e. The Labute approximate surface area is 155 Å². The van der Waals surface area contributed by atoms with Crippen molar-refractivity contribution in [2.24, 2.45) is 17.3 Å². The van der Waals surface area contributed by atoms with E-state index in [4.69, 9.17) is 14.2 Å². The summed E-state index contributed by atoms with van der Waals surface area (Å²) in [6.45, 7) is 5.38. The molecule has 2 saturated carbocycles. The molecule has 1 aromatic rings. The van der Waals surface area contributed by atoms with Crippen molar-refractivity contribution in [2.45, 2.75) is 64.1 Å². The van der Waals surface area contributed by atoms with Gasteiger partial charge >= 0.3 is 5.97 Å². The molecule has 4 nitrogen and oxygen atoms in total. The normalized spacial score (nSPS) is 37.1. The highest BCUT2D eigenvalue weighted by atomic mass is 16.7. The van der Waals surface area contributed by atoms with Crippen molar-refractivity contribution in [2.75, 3.05) is 13.2 Å². The zero-order valence-corrected chi connectivity index (χ0v) is 15.8. The lowest BCUT2D eigenvalue weighted by Crippen LogP contribution is -2.51. The molecule has 1 saturated heterocycles. The number of fused-ring (bicyclic) bond motifs is 6. The van der Waals surface area contributed by atoms with Crippen LogP contribution in [0.1, 0.15) is 63.0 Å². The van der Waals surface area contributed by atoms with Gasteiger partial charge in [0, 0.05) is 18.8 Å². The van der Waals surface area contributed by atoms with Gasteiger partial charge in [-0.25, -0.2) is 0 Å². The number of aryl methyl sites for hydroxylation is 1. The Balaban J connectivity index is 1.44. The summed E-state index contributed by atoms with van der Waals surface area (Å²) in [6.07, 6.45) is 6.94. The number of benzene rings is 1. The van der Waals surface area contributed by atoms with Crippen molar-refractivity contribution < 1.29 is 19.0 Å². The molecule has 3 fully saturated rings. The minimum atomic E-state index is -0.317. The topological polar surface area (TPSA) is 44.8 Å². The van der Waals surface area contributed by atoms with Crippen LogP contribution >= 0.6 is 0 Å². The van der Waals surface area contributed by atoms with E-state index in [1.807, 2.05) is 6.07 Å². The van der Waals surface area contributed by atoms with Gasteiger partial charge in [-0.1, -0.05) is 13.0 Å². The molecular weight excluding hydrogens is 328 g/mol. The first-order valence-corrected chi connectivity index (χ1v) is 10.1. The molecule has 4 aliphatic rings. The molecule has 1 aliphatic heterocycles. The van der Waals surface area contributed by atoms with Crippen LogP contribution < -0.4 is 4.74 Å². The third-order valence-electron chi connectivity index (χ3n) is 7.76. The summed E-state index contributed by atoms with van der Waals surface area (Å²) in [4.78, 5) is 11.2. The summed E-state index contributed by atoms with van der Waals surface area (Å²) in [5.41, 5.74) is 3.00. The van der Waals surface area contributed by atoms with Crippen molar-refractivity contribution in [1.82, 2.24) is 0 Å². The van der Waals surface area contributed by atoms with Gasteiger partial charge in [0.1, 0.15) is 5.75 Å². The molecule has 4 atom stereocenters. The summed E-state index contributed by atoms with van der Waals surface area (Å²) in [5.74, 6) is 2.14. The highest BCUT2D eigenvalue weighted by molar-refractivity contribution is 5.69. The largest absolute Gasteiger partial charge is 0.427 e. The molecule has 0 bridgehead atoms. The van der Waals surface area contributed by atoms with E-state index in [1.165, 1.54) is 43.7 Å². The van der Waals surface area contributed by atoms with Gasteiger partial charge in [0.2, 0.25) is 0 Å². The number of hydrogen-bond acceptors (Lipinski definition) is 4. The van der Waals surface area contributed by atoms with E-state index >= 15 is 0 Å². The molecule has 1 heterocycles. The van der Waals surface area contributed by atoms with E-state index in [1.54, 1.807) is 0 Å². The Morgan fingerprint density at radius 3 is 2.73 bits per heavy atom. The number of carbonyl (C=O) groups is 1. The maximum absolute atomic E-state index is 11.2. The Hall–Kier alpha value is -1.39. The Kier molecular flexibility index (Phi) is 3.74. The van der Waals surface area contributed by atoms with Gasteiger partial charge in [0.05, 0.1) is 13.2 Å². The van der Waals surface area contributed by atoms with Gasteiger partial charge in [0.25, 0.3) is 0 Å². The minimum Gasteiger partial charge on any atom is -0.427 e. The molecule has 5 rings (SSSR count). The molecule has 1 spiro atoms. The summed E-state index contributed by atoms with van der Waals surface area (Å²) in [5, 5.41) is 0. The van der Waals surface area contributed by atoms with E-state index in [2.05, 4.69) is 19.1 Å². The SMILES string of the molecule is CC(=O)Oc1ccc2c(c1)CC[C@H]1[C@H]3CCC4(OCCO4)[C@@]3(C)CC[C@@H]21. The molecule has 140 valence electrons. The van der Waals surface area contributed by atoms with Crippen LogP contribution in [0.15, 0.2) is 18.2 Å². The highest BCUT2D eigenvalue weighted by Crippen LogP contribution is 2.66. The van der Waals surface area contributed by atoms with E-state index in [9.17, 15) is 4.79 Å². The van der Waals surface area contributed by atoms with E-state index in [0.717, 1.165) is 26.1 Å². The molecule has 0 aromatic heterocycles.